The van der Waals surface area contributed by atoms with Crippen molar-refractivity contribution in [1.82, 2.24) is 25.4 Å². The molecule has 2 heterocycles. The first-order valence-electron chi connectivity index (χ1n) is 10.7. The fourth-order valence-corrected chi connectivity index (χ4v) is 4.03. The number of guanidine groups is 1. The first-order valence-corrected chi connectivity index (χ1v) is 10.7. The number of H-pyrrole nitrogens is 1. The Bertz CT molecular complexity index is 877. The van der Waals surface area contributed by atoms with Crippen LogP contribution in [0, 0.1) is 6.92 Å². The molecule has 3 N–H and O–H groups in total. The third-order valence-corrected chi connectivity index (χ3v) is 5.88. The lowest BCUT2D eigenvalue weighted by atomic mass is 10.1. The van der Waals surface area contributed by atoms with Crippen molar-refractivity contribution in [2.75, 3.05) is 46.3 Å². The molecule has 1 amide bonds. The van der Waals surface area contributed by atoms with E-state index < -0.39 is 0 Å². The van der Waals surface area contributed by atoms with Crippen LogP contribution < -0.4 is 10.6 Å². The maximum atomic E-state index is 12.0. The molecule has 2 fully saturated rings. The number of aryl methyl sites for hydroxylation is 1. The Morgan fingerprint density at radius 1 is 1.24 bits per heavy atom. The molecule has 29 heavy (non-hydrogen) atoms. The molecule has 0 unspecified atom stereocenters. The van der Waals surface area contributed by atoms with Crippen molar-refractivity contribution in [3.8, 4) is 0 Å². The van der Waals surface area contributed by atoms with Gasteiger partial charge in [-0.2, -0.15) is 0 Å². The second-order valence-electron chi connectivity index (χ2n) is 8.14. The van der Waals surface area contributed by atoms with Crippen molar-refractivity contribution in [3.63, 3.8) is 0 Å². The maximum Gasteiger partial charge on any atom is 0.234 e. The van der Waals surface area contributed by atoms with Gasteiger partial charge < -0.3 is 20.5 Å². The number of aromatic nitrogens is 1. The number of benzene rings is 1. The van der Waals surface area contributed by atoms with E-state index in [0.717, 1.165) is 57.9 Å². The molecule has 1 saturated carbocycles. The van der Waals surface area contributed by atoms with E-state index in [9.17, 15) is 4.79 Å². The van der Waals surface area contributed by atoms with Gasteiger partial charge in [0, 0.05) is 62.9 Å². The summed E-state index contributed by atoms with van der Waals surface area (Å²) in [6.07, 6.45) is 5.34. The summed E-state index contributed by atoms with van der Waals surface area (Å²) >= 11 is 0. The molecule has 1 aliphatic heterocycles. The number of fused-ring (bicyclic) bond motifs is 1. The molecule has 4 rings (SSSR count). The summed E-state index contributed by atoms with van der Waals surface area (Å²) in [5.41, 5.74) is 3.84. The highest BCUT2D eigenvalue weighted by Crippen LogP contribution is 2.21. The highest BCUT2D eigenvalue weighted by molar-refractivity contribution is 5.86. The first-order chi connectivity index (χ1) is 14.1. The summed E-state index contributed by atoms with van der Waals surface area (Å²) in [4.78, 5) is 24.4. The third-order valence-electron chi connectivity index (χ3n) is 5.88. The second kappa shape index (κ2) is 8.86. The zero-order valence-corrected chi connectivity index (χ0v) is 17.5. The lowest BCUT2D eigenvalue weighted by Gasteiger charge is -2.36. The molecule has 0 atom stereocenters. The summed E-state index contributed by atoms with van der Waals surface area (Å²) in [6.45, 7) is 7.05. The minimum absolute atomic E-state index is 0.164. The maximum absolute atomic E-state index is 12.0. The van der Waals surface area contributed by atoms with E-state index in [0.29, 0.717) is 12.6 Å². The van der Waals surface area contributed by atoms with Crippen molar-refractivity contribution in [1.29, 1.82) is 0 Å². The van der Waals surface area contributed by atoms with E-state index in [1.54, 1.807) is 0 Å². The smallest absolute Gasteiger partial charge is 0.234 e. The quantitative estimate of drug-likeness (QED) is 0.511. The van der Waals surface area contributed by atoms with Crippen LogP contribution in [0.3, 0.4) is 0 Å². The average molecular weight is 397 g/mol. The molecule has 1 aliphatic carbocycles. The van der Waals surface area contributed by atoms with Gasteiger partial charge in [0.2, 0.25) is 5.91 Å². The number of nitrogens with zero attached hydrogens (tertiary/aromatic N) is 3. The largest absolute Gasteiger partial charge is 0.361 e. The van der Waals surface area contributed by atoms with Crippen molar-refractivity contribution in [2.24, 2.45) is 4.99 Å². The molecule has 1 aromatic carbocycles. The number of para-hydroxylation sites is 1. The van der Waals surface area contributed by atoms with Crippen molar-refractivity contribution in [3.05, 3.63) is 35.5 Å². The van der Waals surface area contributed by atoms with Gasteiger partial charge in [0.1, 0.15) is 0 Å². The van der Waals surface area contributed by atoms with Gasteiger partial charge in [0.05, 0.1) is 6.54 Å². The number of rotatable bonds is 6. The van der Waals surface area contributed by atoms with Crippen LogP contribution in [0.15, 0.2) is 29.4 Å². The number of carbonyl (C=O) groups excluding carboxylic acids is 1. The third kappa shape index (κ3) is 4.90. The highest BCUT2D eigenvalue weighted by atomic mass is 16.2. The van der Waals surface area contributed by atoms with Crippen LogP contribution in [0.1, 0.15) is 24.0 Å². The first kappa shape index (κ1) is 19.8. The van der Waals surface area contributed by atoms with Crippen LogP contribution >= 0.6 is 0 Å². The monoisotopic (exact) mass is 396 g/mol. The van der Waals surface area contributed by atoms with Crippen molar-refractivity contribution < 1.29 is 4.79 Å². The molecular weight excluding hydrogens is 364 g/mol. The van der Waals surface area contributed by atoms with Crippen molar-refractivity contribution >= 4 is 22.8 Å². The average Bonchev–Trinajstić information content (AvgIpc) is 3.43. The zero-order valence-electron chi connectivity index (χ0n) is 17.5. The number of aromatic amines is 1. The fraction of sp³-hybridized carbons (Fsp3) is 0.545. The van der Waals surface area contributed by atoms with E-state index in [1.807, 2.05) is 7.05 Å². The van der Waals surface area contributed by atoms with Gasteiger partial charge >= 0.3 is 0 Å². The van der Waals surface area contributed by atoms with E-state index in [1.165, 1.54) is 22.0 Å². The van der Waals surface area contributed by atoms with Crippen LogP contribution in [0.25, 0.3) is 10.9 Å². The summed E-state index contributed by atoms with van der Waals surface area (Å²) in [5, 5.41) is 7.89. The molecule has 0 spiro atoms. The fourth-order valence-electron chi connectivity index (χ4n) is 4.03. The molecule has 2 aromatic rings. The molecular formula is C22H32N6O. The summed E-state index contributed by atoms with van der Waals surface area (Å²) in [6, 6.07) is 6.87. The Hall–Kier alpha value is -2.54. The van der Waals surface area contributed by atoms with Gasteiger partial charge in [0.15, 0.2) is 5.96 Å². The molecule has 1 aromatic heterocycles. The lowest BCUT2D eigenvalue weighted by Crippen LogP contribution is -2.54. The number of hydrogen-bond donors (Lipinski definition) is 3. The topological polar surface area (TPSA) is 75.8 Å². The minimum Gasteiger partial charge on any atom is -0.361 e. The van der Waals surface area contributed by atoms with E-state index in [2.05, 4.69) is 61.7 Å². The molecule has 7 heteroatoms. The van der Waals surface area contributed by atoms with E-state index in [-0.39, 0.29) is 5.91 Å². The molecule has 2 aliphatic rings. The van der Waals surface area contributed by atoms with Gasteiger partial charge in [-0.1, -0.05) is 18.2 Å². The number of hydrogen-bond acceptors (Lipinski definition) is 3. The molecule has 1 saturated heterocycles. The Morgan fingerprint density at radius 3 is 2.76 bits per heavy atom. The summed E-state index contributed by atoms with van der Waals surface area (Å²) < 4.78 is 0. The number of nitrogens with one attached hydrogen (secondary N) is 3. The van der Waals surface area contributed by atoms with Crippen LogP contribution in [-0.2, 0) is 11.2 Å². The SMILES string of the molecule is CN=C(NCCc1c[nH]c2c(C)cccc12)N1CCN(CC(=O)NC2CC2)CC1. The predicted octanol–water partition coefficient (Wildman–Crippen LogP) is 1.49. The zero-order chi connectivity index (χ0) is 20.2. The van der Waals surface area contributed by atoms with Crippen LogP contribution in [0.5, 0.6) is 0 Å². The molecule has 156 valence electrons. The lowest BCUT2D eigenvalue weighted by molar-refractivity contribution is -0.122. The van der Waals surface area contributed by atoms with Crippen LogP contribution in [-0.4, -0.2) is 79.0 Å². The standard InChI is InChI=1S/C22H32N6O/c1-16-4-3-5-19-17(14-25-21(16)19)8-9-24-22(23-2)28-12-10-27(11-13-28)15-20(29)26-18-6-7-18/h3-5,14,18,25H,6-13,15H2,1-2H3,(H,23,24)(H,26,29). The van der Waals surface area contributed by atoms with E-state index >= 15 is 0 Å². The number of piperazine rings is 1. The Balaban J connectivity index is 1.23. The normalized spacial score (nSPS) is 18.3. The Kier molecular flexibility index (Phi) is 6.04. The van der Waals surface area contributed by atoms with Crippen LogP contribution in [0.2, 0.25) is 0 Å². The van der Waals surface area contributed by atoms with Gasteiger partial charge in [-0.3, -0.25) is 14.7 Å². The van der Waals surface area contributed by atoms with E-state index in [4.69, 9.17) is 0 Å². The van der Waals surface area contributed by atoms with Gasteiger partial charge in [0.25, 0.3) is 0 Å². The molecule has 0 bridgehead atoms. The Labute approximate surface area is 172 Å². The summed E-state index contributed by atoms with van der Waals surface area (Å²) in [7, 11) is 1.84. The number of amides is 1. The number of carbonyl (C=O) groups is 1. The van der Waals surface area contributed by atoms with Crippen molar-refractivity contribution in [2.45, 2.75) is 32.2 Å². The molecule has 7 nitrogen and oxygen atoms in total. The van der Waals surface area contributed by atoms with Gasteiger partial charge in [-0.25, -0.2) is 0 Å². The van der Waals surface area contributed by atoms with Crippen LogP contribution in [0.4, 0.5) is 0 Å². The highest BCUT2D eigenvalue weighted by Gasteiger charge is 2.25. The minimum atomic E-state index is 0.164. The Morgan fingerprint density at radius 2 is 2.03 bits per heavy atom. The summed E-state index contributed by atoms with van der Waals surface area (Å²) in [5.74, 6) is 1.11. The van der Waals surface area contributed by atoms with Gasteiger partial charge in [-0.15, -0.1) is 0 Å². The number of aliphatic imine (C=N–C) groups is 1. The predicted molar refractivity (Wildman–Crippen MR) is 117 cm³/mol. The molecule has 0 radical (unpaired) electrons. The second-order valence-corrected chi connectivity index (χ2v) is 8.14. The van der Waals surface area contributed by atoms with Gasteiger partial charge in [-0.05, 0) is 37.3 Å².